The first-order chi connectivity index (χ1) is 15.9. The van der Waals surface area contributed by atoms with Gasteiger partial charge in [-0.25, -0.2) is 9.48 Å². The summed E-state index contributed by atoms with van der Waals surface area (Å²) in [4.78, 5) is 37.6. The van der Waals surface area contributed by atoms with E-state index in [1.54, 1.807) is 18.2 Å². The first kappa shape index (κ1) is 22.0. The lowest BCUT2D eigenvalue weighted by Crippen LogP contribution is -2.30. The molecule has 1 atom stereocenters. The summed E-state index contributed by atoms with van der Waals surface area (Å²) in [6.45, 7) is 1.48. The second kappa shape index (κ2) is 9.49. The number of rotatable bonds is 7. The first-order valence-electron chi connectivity index (χ1n) is 10.0. The molecule has 4 rings (SSSR count). The normalized spacial score (nSPS) is 11.5. The van der Waals surface area contributed by atoms with E-state index >= 15 is 0 Å². The van der Waals surface area contributed by atoms with Gasteiger partial charge in [0.25, 0.3) is 5.91 Å². The van der Waals surface area contributed by atoms with Gasteiger partial charge in [-0.1, -0.05) is 24.3 Å². The van der Waals surface area contributed by atoms with Crippen molar-refractivity contribution in [2.45, 2.75) is 13.0 Å². The molecule has 2 aromatic carbocycles. The molecular weight excluding hydrogens is 440 g/mol. The van der Waals surface area contributed by atoms with Crippen LogP contribution in [0, 0.1) is 0 Å². The summed E-state index contributed by atoms with van der Waals surface area (Å²) in [6, 6.07) is 20.8. The topological polar surface area (TPSA) is 116 Å². The number of amides is 2. The molecule has 0 saturated heterocycles. The lowest BCUT2D eigenvalue weighted by atomic mass is 10.2. The van der Waals surface area contributed by atoms with Crippen LogP contribution in [0.1, 0.15) is 27.8 Å². The second-order valence-corrected chi connectivity index (χ2v) is 8.07. The Labute approximate surface area is 193 Å². The quantitative estimate of drug-likeness (QED) is 0.406. The van der Waals surface area contributed by atoms with Crippen molar-refractivity contribution in [1.29, 1.82) is 0 Å². The maximum absolute atomic E-state index is 13.0. The molecule has 0 radical (unpaired) electrons. The van der Waals surface area contributed by atoms with Crippen LogP contribution in [-0.2, 0) is 9.53 Å². The maximum Gasteiger partial charge on any atom is 0.357 e. The highest BCUT2D eigenvalue weighted by atomic mass is 32.1. The van der Waals surface area contributed by atoms with E-state index in [9.17, 15) is 14.4 Å². The molecule has 0 fully saturated rings. The summed E-state index contributed by atoms with van der Waals surface area (Å²) >= 11 is 1.51. The molecule has 4 aromatic rings. The minimum absolute atomic E-state index is 0.204. The largest absolute Gasteiger partial charge is 0.448 e. The third kappa shape index (κ3) is 4.99. The van der Waals surface area contributed by atoms with Gasteiger partial charge in [0.1, 0.15) is 5.69 Å². The number of nitrogens with two attached hydrogens (primary N) is 1. The van der Waals surface area contributed by atoms with Crippen LogP contribution in [0.15, 0.2) is 78.2 Å². The van der Waals surface area contributed by atoms with Crippen molar-refractivity contribution in [3.63, 3.8) is 0 Å². The van der Waals surface area contributed by atoms with Gasteiger partial charge in [-0.15, -0.1) is 11.3 Å². The Balaban J connectivity index is 1.52. The molecule has 2 amide bonds. The molecule has 3 N–H and O–H groups in total. The van der Waals surface area contributed by atoms with E-state index in [1.807, 2.05) is 47.8 Å². The third-order valence-corrected chi connectivity index (χ3v) is 5.68. The zero-order valence-electron chi connectivity index (χ0n) is 17.6. The summed E-state index contributed by atoms with van der Waals surface area (Å²) in [5.74, 6) is -1.76. The Kier molecular flexibility index (Phi) is 6.32. The van der Waals surface area contributed by atoms with Gasteiger partial charge in [0.05, 0.1) is 10.6 Å². The number of ether oxygens (including phenoxy) is 1. The Hall–Kier alpha value is -4.24. The predicted molar refractivity (Wildman–Crippen MR) is 125 cm³/mol. The summed E-state index contributed by atoms with van der Waals surface area (Å²) in [7, 11) is 0. The van der Waals surface area contributed by atoms with E-state index in [4.69, 9.17) is 10.5 Å². The highest BCUT2D eigenvalue weighted by molar-refractivity contribution is 7.13. The fraction of sp³-hybridized carbons (Fsp3) is 0.0833. The Morgan fingerprint density at radius 1 is 1.03 bits per heavy atom. The molecule has 8 nitrogen and oxygen atoms in total. The summed E-state index contributed by atoms with van der Waals surface area (Å²) in [6.07, 6.45) is -1.07. The van der Waals surface area contributed by atoms with Crippen molar-refractivity contribution >= 4 is 34.8 Å². The summed E-state index contributed by atoms with van der Waals surface area (Å²) in [5.41, 5.74) is 7.52. The van der Waals surface area contributed by atoms with E-state index in [0.717, 1.165) is 4.88 Å². The molecule has 9 heteroatoms. The monoisotopic (exact) mass is 460 g/mol. The molecular formula is C24H20N4O4S. The fourth-order valence-corrected chi connectivity index (χ4v) is 3.75. The lowest BCUT2D eigenvalue weighted by molar-refractivity contribution is -0.123. The van der Waals surface area contributed by atoms with Crippen LogP contribution in [0.5, 0.6) is 0 Å². The third-order valence-electron chi connectivity index (χ3n) is 4.78. The second-order valence-electron chi connectivity index (χ2n) is 7.12. The van der Waals surface area contributed by atoms with E-state index in [-0.39, 0.29) is 5.69 Å². The number of esters is 1. The van der Waals surface area contributed by atoms with Crippen LogP contribution in [0.4, 0.5) is 5.69 Å². The molecule has 1 unspecified atom stereocenters. The average Bonchev–Trinajstić information content (AvgIpc) is 3.50. The lowest BCUT2D eigenvalue weighted by Gasteiger charge is -2.14. The number of carbonyl (C=O) groups is 3. The van der Waals surface area contributed by atoms with E-state index in [1.165, 1.54) is 35.1 Å². The van der Waals surface area contributed by atoms with Crippen molar-refractivity contribution < 1.29 is 19.1 Å². The zero-order chi connectivity index (χ0) is 23.4. The number of benzene rings is 2. The molecule has 0 aliphatic rings. The van der Waals surface area contributed by atoms with Crippen LogP contribution in [-0.4, -0.2) is 33.7 Å². The zero-order valence-corrected chi connectivity index (χ0v) is 18.4. The predicted octanol–water partition coefficient (Wildman–Crippen LogP) is 3.88. The Morgan fingerprint density at radius 2 is 1.76 bits per heavy atom. The number of anilines is 1. The molecule has 33 heavy (non-hydrogen) atoms. The van der Waals surface area contributed by atoms with Gasteiger partial charge in [0.15, 0.2) is 11.8 Å². The van der Waals surface area contributed by atoms with Crippen LogP contribution in [0.3, 0.4) is 0 Å². The standard InChI is InChI=1S/C24H20N4O4S/c1-15(23(30)26-17-11-9-16(10-12-17)22(25)29)32-24(31)20-14-19(21-8-5-13-33-21)27-28(20)18-6-3-2-4-7-18/h2-15H,1H3,(H2,25,29)(H,26,30). The summed E-state index contributed by atoms with van der Waals surface area (Å²) < 4.78 is 6.95. The molecule has 0 bridgehead atoms. The van der Waals surface area contributed by atoms with Gasteiger partial charge >= 0.3 is 5.97 Å². The number of primary amides is 1. The first-order valence-corrected chi connectivity index (χ1v) is 10.9. The molecule has 0 aliphatic carbocycles. The van der Waals surface area contributed by atoms with E-state index in [0.29, 0.717) is 22.6 Å². The van der Waals surface area contributed by atoms with Gasteiger partial charge in [-0.05, 0) is 54.8 Å². The highest BCUT2D eigenvalue weighted by Crippen LogP contribution is 2.26. The van der Waals surface area contributed by atoms with Crippen molar-refractivity contribution in [3.8, 4) is 16.3 Å². The average molecular weight is 461 g/mol. The number of nitrogens with one attached hydrogen (secondary N) is 1. The van der Waals surface area contributed by atoms with Gasteiger partial charge < -0.3 is 15.8 Å². The van der Waals surface area contributed by atoms with Crippen LogP contribution in [0.2, 0.25) is 0 Å². The smallest absolute Gasteiger partial charge is 0.357 e. The van der Waals surface area contributed by atoms with Gasteiger partial charge in [0.2, 0.25) is 5.91 Å². The number of carbonyl (C=O) groups excluding carboxylic acids is 3. The van der Waals surface area contributed by atoms with Crippen molar-refractivity contribution in [2.24, 2.45) is 5.73 Å². The molecule has 0 aliphatic heterocycles. The molecule has 0 spiro atoms. The number of hydrogen-bond donors (Lipinski definition) is 2. The fourth-order valence-electron chi connectivity index (χ4n) is 3.07. The molecule has 2 heterocycles. The summed E-state index contributed by atoms with van der Waals surface area (Å²) in [5, 5.41) is 9.15. The van der Waals surface area contributed by atoms with Gasteiger partial charge in [-0.3, -0.25) is 9.59 Å². The van der Waals surface area contributed by atoms with Crippen molar-refractivity contribution in [3.05, 3.63) is 89.4 Å². The number of hydrogen-bond acceptors (Lipinski definition) is 6. The minimum Gasteiger partial charge on any atom is -0.448 e. The number of thiophene rings is 1. The Morgan fingerprint density at radius 3 is 2.39 bits per heavy atom. The van der Waals surface area contributed by atoms with Crippen molar-refractivity contribution in [2.75, 3.05) is 5.32 Å². The van der Waals surface area contributed by atoms with Crippen LogP contribution in [0.25, 0.3) is 16.3 Å². The van der Waals surface area contributed by atoms with Gasteiger partial charge in [0, 0.05) is 17.3 Å². The molecule has 2 aromatic heterocycles. The van der Waals surface area contributed by atoms with E-state index < -0.39 is 23.9 Å². The van der Waals surface area contributed by atoms with Crippen molar-refractivity contribution in [1.82, 2.24) is 9.78 Å². The van der Waals surface area contributed by atoms with Gasteiger partial charge in [-0.2, -0.15) is 5.10 Å². The molecule has 166 valence electrons. The highest BCUT2D eigenvalue weighted by Gasteiger charge is 2.24. The Bertz CT molecular complexity index is 1280. The SMILES string of the molecule is CC(OC(=O)c1cc(-c2cccs2)nn1-c1ccccc1)C(=O)Nc1ccc(C(N)=O)cc1. The maximum atomic E-state index is 13.0. The van der Waals surface area contributed by atoms with Crippen LogP contribution >= 0.6 is 11.3 Å². The molecule has 0 saturated carbocycles. The van der Waals surface area contributed by atoms with E-state index in [2.05, 4.69) is 10.4 Å². The number of nitrogens with zero attached hydrogens (tertiary/aromatic N) is 2. The van der Waals surface area contributed by atoms with Crippen LogP contribution < -0.4 is 11.1 Å². The minimum atomic E-state index is -1.07. The number of para-hydroxylation sites is 1. The number of aromatic nitrogens is 2.